The van der Waals surface area contributed by atoms with Crippen LogP contribution in [0.3, 0.4) is 0 Å². The highest BCUT2D eigenvalue weighted by atomic mass is 32.1. The predicted molar refractivity (Wildman–Crippen MR) is 118 cm³/mol. The van der Waals surface area contributed by atoms with Crippen LogP contribution in [0, 0.1) is 13.8 Å². The third-order valence-corrected chi connectivity index (χ3v) is 6.06. The summed E-state index contributed by atoms with van der Waals surface area (Å²) in [5.74, 6) is 0.0586. The van der Waals surface area contributed by atoms with E-state index in [1.54, 1.807) is 11.3 Å². The molecule has 1 aliphatic rings. The van der Waals surface area contributed by atoms with Gasteiger partial charge in [0, 0.05) is 49.0 Å². The Hall–Kier alpha value is -2.48. The lowest BCUT2D eigenvalue weighted by Crippen LogP contribution is -2.48. The fraction of sp³-hybridized carbons (Fsp3) is 0.364. The predicted octanol–water partition coefficient (Wildman–Crippen LogP) is 3.44. The van der Waals surface area contributed by atoms with Crippen LogP contribution in [-0.4, -0.2) is 58.2 Å². The third kappa shape index (κ3) is 4.93. The van der Waals surface area contributed by atoms with Crippen LogP contribution in [0.1, 0.15) is 11.1 Å². The van der Waals surface area contributed by atoms with Crippen molar-refractivity contribution < 1.29 is 4.79 Å². The molecule has 0 aliphatic carbocycles. The molecule has 29 heavy (non-hydrogen) atoms. The van der Waals surface area contributed by atoms with Crippen LogP contribution in [0.15, 0.2) is 47.3 Å². The molecule has 1 aromatic carbocycles. The van der Waals surface area contributed by atoms with Crippen LogP contribution < -0.4 is 5.32 Å². The van der Waals surface area contributed by atoms with Crippen molar-refractivity contribution in [3.63, 3.8) is 0 Å². The first kappa shape index (κ1) is 19.8. The summed E-state index contributed by atoms with van der Waals surface area (Å²) in [4.78, 5) is 17.1. The van der Waals surface area contributed by atoms with Gasteiger partial charge in [0.05, 0.1) is 18.9 Å². The number of nitrogens with zero attached hydrogens (tertiary/aromatic N) is 4. The topological polar surface area (TPSA) is 53.4 Å². The number of thiophene rings is 1. The van der Waals surface area contributed by atoms with E-state index in [1.165, 1.54) is 5.56 Å². The van der Waals surface area contributed by atoms with Gasteiger partial charge in [-0.1, -0.05) is 18.2 Å². The van der Waals surface area contributed by atoms with Gasteiger partial charge in [0.25, 0.3) is 0 Å². The fourth-order valence-electron chi connectivity index (χ4n) is 3.69. The van der Waals surface area contributed by atoms with Crippen LogP contribution in [0.4, 0.5) is 5.69 Å². The van der Waals surface area contributed by atoms with E-state index in [9.17, 15) is 4.79 Å². The van der Waals surface area contributed by atoms with E-state index >= 15 is 0 Å². The number of carbonyl (C=O) groups is 1. The summed E-state index contributed by atoms with van der Waals surface area (Å²) in [6.45, 7) is 8.92. The molecule has 152 valence electrons. The molecular formula is C22H27N5OS. The average molecular weight is 410 g/mol. The third-order valence-electron chi connectivity index (χ3n) is 5.38. The van der Waals surface area contributed by atoms with Gasteiger partial charge < -0.3 is 5.32 Å². The first-order valence-corrected chi connectivity index (χ1v) is 10.9. The van der Waals surface area contributed by atoms with Gasteiger partial charge in [0.1, 0.15) is 0 Å². The summed E-state index contributed by atoms with van der Waals surface area (Å²) in [5, 5.41) is 12.0. The molecule has 0 unspecified atom stereocenters. The number of benzene rings is 1. The Bertz CT molecular complexity index is 937. The molecule has 3 heterocycles. The minimum absolute atomic E-state index is 0.0586. The molecule has 2 aromatic heterocycles. The lowest BCUT2D eigenvalue weighted by molar-refractivity contribution is -0.117. The highest BCUT2D eigenvalue weighted by molar-refractivity contribution is 7.08. The van der Waals surface area contributed by atoms with Crippen molar-refractivity contribution in [2.75, 3.05) is 38.0 Å². The monoisotopic (exact) mass is 409 g/mol. The molecule has 1 amide bonds. The molecule has 1 aliphatic heterocycles. The molecule has 3 aromatic rings. The number of aryl methyl sites for hydroxylation is 2. The lowest BCUT2D eigenvalue weighted by Gasteiger charge is -2.34. The molecule has 6 nitrogen and oxygen atoms in total. The van der Waals surface area contributed by atoms with E-state index in [0.717, 1.165) is 55.4 Å². The molecule has 0 saturated carbocycles. The number of para-hydroxylation sites is 1. The molecule has 1 fully saturated rings. The van der Waals surface area contributed by atoms with Crippen molar-refractivity contribution in [2.24, 2.45) is 0 Å². The number of rotatable bonds is 6. The van der Waals surface area contributed by atoms with Gasteiger partial charge >= 0.3 is 0 Å². The summed E-state index contributed by atoms with van der Waals surface area (Å²) in [6, 6.07) is 10.2. The van der Waals surface area contributed by atoms with Crippen molar-refractivity contribution >= 4 is 22.9 Å². The summed E-state index contributed by atoms with van der Waals surface area (Å²) < 4.78 is 2.00. The fourth-order valence-corrected chi connectivity index (χ4v) is 4.34. The SMILES string of the molecule is Cc1cccc(C)c1NC(=O)CN1CCN(Cn2ccc(-c3ccsc3)n2)CC1. The average Bonchev–Trinajstić information content (AvgIpc) is 3.38. The van der Waals surface area contributed by atoms with Crippen LogP contribution in [0.25, 0.3) is 11.3 Å². The molecule has 0 atom stereocenters. The van der Waals surface area contributed by atoms with Crippen LogP contribution >= 0.6 is 11.3 Å². The van der Waals surface area contributed by atoms with Crippen molar-refractivity contribution in [1.82, 2.24) is 19.6 Å². The smallest absolute Gasteiger partial charge is 0.238 e. The lowest BCUT2D eigenvalue weighted by atomic mass is 10.1. The van der Waals surface area contributed by atoms with Crippen molar-refractivity contribution in [3.8, 4) is 11.3 Å². The maximum atomic E-state index is 12.5. The van der Waals surface area contributed by atoms with Crippen molar-refractivity contribution in [1.29, 1.82) is 0 Å². The molecule has 0 bridgehead atoms. The Morgan fingerprint density at radius 3 is 2.48 bits per heavy atom. The van der Waals surface area contributed by atoms with Gasteiger partial charge in [-0.2, -0.15) is 16.4 Å². The number of carbonyl (C=O) groups excluding carboxylic acids is 1. The second-order valence-electron chi connectivity index (χ2n) is 7.60. The highest BCUT2D eigenvalue weighted by Gasteiger charge is 2.20. The summed E-state index contributed by atoms with van der Waals surface area (Å²) in [6.07, 6.45) is 2.04. The number of hydrogen-bond donors (Lipinski definition) is 1. The van der Waals surface area contributed by atoms with Gasteiger partial charge in [-0.15, -0.1) is 0 Å². The zero-order chi connectivity index (χ0) is 20.2. The summed E-state index contributed by atoms with van der Waals surface area (Å²) >= 11 is 1.69. The van der Waals surface area contributed by atoms with Gasteiger partial charge in [-0.05, 0) is 42.5 Å². The van der Waals surface area contributed by atoms with E-state index in [1.807, 2.05) is 42.9 Å². The second kappa shape index (κ2) is 8.90. The van der Waals surface area contributed by atoms with Crippen molar-refractivity contribution in [3.05, 3.63) is 58.4 Å². The largest absolute Gasteiger partial charge is 0.324 e. The van der Waals surface area contributed by atoms with E-state index in [-0.39, 0.29) is 5.91 Å². The maximum Gasteiger partial charge on any atom is 0.238 e. The van der Waals surface area contributed by atoms with E-state index in [2.05, 4.69) is 43.1 Å². The molecule has 0 radical (unpaired) electrons. The number of nitrogens with one attached hydrogen (secondary N) is 1. The van der Waals surface area contributed by atoms with Crippen LogP contribution in [0.5, 0.6) is 0 Å². The van der Waals surface area contributed by atoms with Gasteiger partial charge in [0.2, 0.25) is 5.91 Å². The second-order valence-corrected chi connectivity index (χ2v) is 8.38. The molecule has 1 saturated heterocycles. The maximum absolute atomic E-state index is 12.5. The van der Waals surface area contributed by atoms with E-state index < -0.39 is 0 Å². The Balaban J connectivity index is 1.25. The first-order valence-electron chi connectivity index (χ1n) is 9.95. The number of piperazine rings is 1. The van der Waals surface area contributed by atoms with Crippen LogP contribution in [-0.2, 0) is 11.5 Å². The Morgan fingerprint density at radius 1 is 1.07 bits per heavy atom. The standard InChI is InChI=1S/C22H27N5OS/c1-17-4-3-5-18(2)22(17)23-21(28)14-25-9-11-26(12-10-25)16-27-8-6-20(24-27)19-7-13-29-15-19/h3-8,13,15H,9-12,14,16H2,1-2H3,(H,23,28). The zero-order valence-electron chi connectivity index (χ0n) is 17.0. The Kier molecular flexibility index (Phi) is 6.08. The summed E-state index contributed by atoms with van der Waals surface area (Å²) in [7, 11) is 0. The van der Waals surface area contributed by atoms with Gasteiger partial charge in [-0.25, -0.2) is 0 Å². The van der Waals surface area contributed by atoms with E-state index in [0.29, 0.717) is 6.54 Å². The van der Waals surface area contributed by atoms with Gasteiger partial charge in [-0.3, -0.25) is 19.3 Å². The Labute approximate surface area is 175 Å². The zero-order valence-corrected chi connectivity index (χ0v) is 17.8. The number of amides is 1. The summed E-state index contributed by atoms with van der Waals surface area (Å²) in [5.41, 5.74) is 5.34. The number of hydrogen-bond acceptors (Lipinski definition) is 5. The molecule has 4 rings (SSSR count). The molecule has 1 N–H and O–H groups in total. The Morgan fingerprint density at radius 2 is 1.79 bits per heavy atom. The molecule has 0 spiro atoms. The van der Waals surface area contributed by atoms with Crippen LogP contribution in [0.2, 0.25) is 0 Å². The normalized spacial score (nSPS) is 15.5. The van der Waals surface area contributed by atoms with Crippen molar-refractivity contribution in [2.45, 2.75) is 20.5 Å². The minimum Gasteiger partial charge on any atom is -0.324 e. The number of aromatic nitrogens is 2. The minimum atomic E-state index is 0.0586. The van der Waals surface area contributed by atoms with E-state index in [4.69, 9.17) is 0 Å². The first-order chi connectivity index (χ1) is 14.1. The quantitative estimate of drug-likeness (QED) is 0.678. The highest BCUT2D eigenvalue weighted by Crippen LogP contribution is 2.20. The molecule has 7 heteroatoms. The molecular weight excluding hydrogens is 382 g/mol. The van der Waals surface area contributed by atoms with Gasteiger partial charge in [0.15, 0.2) is 0 Å². The number of anilines is 1.